The number of hydrogen-bond donors (Lipinski definition) is 2. The summed E-state index contributed by atoms with van der Waals surface area (Å²) in [6.45, 7) is 1.99. The Kier molecular flexibility index (Phi) is 7.14. The zero-order valence-corrected chi connectivity index (χ0v) is 15.2. The van der Waals surface area contributed by atoms with E-state index in [-0.39, 0.29) is 17.9 Å². The summed E-state index contributed by atoms with van der Waals surface area (Å²) in [4.78, 5) is 22.1. The molecule has 2 N–H and O–H groups in total. The SMILES string of the molecule is CCOc1ccccc1OCC(=O)N/N=C/c1cc(OC)c(O)c([N+](=O)[O-])c1. The molecule has 0 atom stereocenters. The number of hydrogen-bond acceptors (Lipinski definition) is 8. The highest BCUT2D eigenvalue weighted by atomic mass is 16.6. The Morgan fingerprint density at radius 2 is 1.93 bits per heavy atom. The van der Waals surface area contributed by atoms with Crippen LogP contribution in [0.3, 0.4) is 0 Å². The average molecular weight is 389 g/mol. The summed E-state index contributed by atoms with van der Waals surface area (Å²) in [5.41, 5.74) is 1.96. The van der Waals surface area contributed by atoms with Gasteiger partial charge in [-0.15, -0.1) is 0 Å². The second-order valence-corrected chi connectivity index (χ2v) is 5.31. The van der Waals surface area contributed by atoms with Gasteiger partial charge < -0.3 is 19.3 Å². The minimum atomic E-state index is -0.753. The number of nitro benzene ring substituents is 1. The molecule has 2 rings (SSSR count). The van der Waals surface area contributed by atoms with Gasteiger partial charge in [0.25, 0.3) is 5.91 Å². The number of nitrogens with zero attached hydrogens (tertiary/aromatic N) is 2. The maximum Gasteiger partial charge on any atom is 0.315 e. The lowest BCUT2D eigenvalue weighted by atomic mass is 10.2. The smallest absolute Gasteiger partial charge is 0.315 e. The first-order valence-electron chi connectivity index (χ1n) is 8.18. The Morgan fingerprint density at radius 1 is 1.25 bits per heavy atom. The molecule has 10 heteroatoms. The van der Waals surface area contributed by atoms with Gasteiger partial charge in [-0.1, -0.05) is 12.1 Å². The molecule has 0 heterocycles. The summed E-state index contributed by atoms with van der Waals surface area (Å²) in [5.74, 6) is -0.275. The van der Waals surface area contributed by atoms with Crippen LogP contribution in [0.2, 0.25) is 0 Å². The fourth-order valence-electron chi connectivity index (χ4n) is 2.18. The third kappa shape index (κ3) is 5.34. The van der Waals surface area contributed by atoms with Crippen molar-refractivity contribution in [2.24, 2.45) is 5.10 Å². The van der Waals surface area contributed by atoms with E-state index >= 15 is 0 Å². The van der Waals surface area contributed by atoms with E-state index in [1.807, 2.05) is 6.92 Å². The molecule has 0 aliphatic carbocycles. The first-order valence-corrected chi connectivity index (χ1v) is 8.18. The number of phenols is 1. The van der Waals surface area contributed by atoms with E-state index in [0.29, 0.717) is 18.1 Å². The van der Waals surface area contributed by atoms with E-state index in [9.17, 15) is 20.0 Å². The topological polar surface area (TPSA) is 133 Å². The number of amides is 1. The fraction of sp³-hybridized carbons (Fsp3) is 0.222. The maximum atomic E-state index is 11.9. The van der Waals surface area contributed by atoms with E-state index in [0.717, 1.165) is 6.07 Å². The number of carbonyl (C=O) groups is 1. The van der Waals surface area contributed by atoms with Crippen LogP contribution in [0.1, 0.15) is 12.5 Å². The molecule has 148 valence electrons. The lowest BCUT2D eigenvalue weighted by Crippen LogP contribution is -2.24. The van der Waals surface area contributed by atoms with Gasteiger partial charge in [0.05, 0.1) is 24.9 Å². The van der Waals surface area contributed by atoms with E-state index in [4.69, 9.17) is 14.2 Å². The molecule has 0 bridgehead atoms. The van der Waals surface area contributed by atoms with Crippen molar-refractivity contribution >= 4 is 17.8 Å². The van der Waals surface area contributed by atoms with Gasteiger partial charge in [0.2, 0.25) is 5.75 Å². The van der Waals surface area contributed by atoms with Crippen LogP contribution in [0, 0.1) is 10.1 Å². The molecule has 2 aromatic carbocycles. The monoisotopic (exact) mass is 389 g/mol. The van der Waals surface area contributed by atoms with Crippen molar-refractivity contribution in [1.29, 1.82) is 0 Å². The van der Waals surface area contributed by atoms with Crippen molar-refractivity contribution in [3.8, 4) is 23.0 Å². The van der Waals surface area contributed by atoms with Crippen LogP contribution in [0.5, 0.6) is 23.0 Å². The number of nitrogens with one attached hydrogen (secondary N) is 1. The molecular weight excluding hydrogens is 370 g/mol. The zero-order valence-electron chi connectivity index (χ0n) is 15.2. The number of methoxy groups -OCH3 is 1. The van der Waals surface area contributed by atoms with Crippen LogP contribution < -0.4 is 19.6 Å². The fourth-order valence-corrected chi connectivity index (χ4v) is 2.18. The summed E-state index contributed by atoms with van der Waals surface area (Å²) in [7, 11) is 1.26. The van der Waals surface area contributed by atoms with Gasteiger partial charge in [0.1, 0.15) is 0 Å². The maximum absolute atomic E-state index is 11.9. The van der Waals surface area contributed by atoms with E-state index in [1.165, 1.54) is 19.4 Å². The summed E-state index contributed by atoms with van der Waals surface area (Å²) in [6.07, 6.45) is 1.18. The summed E-state index contributed by atoms with van der Waals surface area (Å²) in [5, 5.41) is 24.4. The Bertz CT molecular complexity index is 883. The summed E-state index contributed by atoms with van der Waals surface area (Å²) >= 11 is 0. The Hall–Kier alpha value is -3.82. The van der Waals surface area contributed by atoms with Gasteiger partial charge in [-0.25, -0.2) is 5.43 Å². The number of hydrazone groups is 1. The third-order valence-corrected chi connectivity index (χ3v) is 3.40. The van der Waals surface area contributed by atoms with Gasteiger partial charge in [-0.3, -0.25) is 14.9 Å². The number of carbonyl (C=O) groups excluding carboxylic acids is 1. The number of aromatic hydroxyl groups is 1. The number of benzene rings is 2. The predicted octanol–water partition coefficient (Wildman–Crippen LogP) is 2.24. The van der Waals surface area contributed by atoms with E-state index in [2.05, 4.69) is 10.5 Å². The van der Waals surface area contributed by atoms with Gasteiger partial charge >= 0.3 is 5.69 Å². The number of ether oxygens (including phenoxy) is 3. The Labute approximate surface area is 160 Å². The number of phenolic OH excluding ortho intramolecular Hbond substituents is 1. The lowest BCUT2D eigenvalue weighted by Gasteiger charge is -2.10. The minimum Gasteiger partial charge on any atom is -0.500 e. The molecule has 28 heavy (non-hydrogen) atoms. The molecule has 0 saturated heterocycles. The molecule has 0 saturated carbocycles. The Balaban J connectivity index is 1.98. The molecular formula is C18H19N3O7. The average Bonchev–Trinajstić information content (AvgIpc) is 2.68. The highest BCUT2D eigenvalue weighted by molar-refractivity contribution is 5.85. The highest BCUT2D eigenvalue weighted by Gasteiger charge is 2.19. The van der Waals surface area contributed by atoms with Gasteiger partial charge in [-0.2, -0.15) is 5.10 Å². The Morgan fingerprint density at radius 3 is 2.54 bits per heavy atom. The standard InChI is InChI=1S/C18H19N3O7/c1-3-27-14-6-4-5-7-15(14)28-11-17(22)20-19-10-12-8-13(21(24)25)18(23)16(9-12)26-2/h4-10,23H,3,11H2,1-2H3,(H,20,22)/b19-10+. The molecule has 0 spiro atoms. The van der Waals surface area contributed by atoms with Crippen molar-refractivity contribution in [1.82, 2.24) is 5.43 Å². The van der Waals surface area contributed by atoms with Crippen molar-refractivity contribution in [3.05, 3.63) is 52.1 Å². The highest BCUT2D eigenvalue weighted by Crippen LogP contribution is 2.36. The van der Waals surface area contributed by atoms with Gasteiger partial charge in [-0.05, 0) is 25.1 Å². The van der Waals surface area contributed by atoms with Crippen LogP contribution in [-0.2, 0) is 4.79 Å². The van der Waals surface area contributed by atoms with Gasteiger partial charge in [0, 0.05) is 11.6 Å². The molecule has 10 nitrogen and oxygen atoms in total. The van der Waals surface area contributed by atoms with Crippen LogP contribution in [0.4, 0.5) is 5.69 Å². The van der Waals surface area contributed by atoms with Crippen LogP contribution in [0.15, 0.2) is 41.5 Å². The van der Waals surface area contributed by atoms with E-state index in [1.54, 1.807) is 24.3 Å². The van der Waals surface area contributed by atoms with E-state index < -0.39 is 22.3 Å². The third-order valence-electron chi connectivity index (χ3n) is 3.40. The quantitative estimate of drug-likeness (QED) is 0.382. The van der Waals surface area contributed by atoms with Crippen molar-refractivity contribution < 1.29 is 29.0 Å². The van der Waals surface area contributed by atoms with Crippen molar-refractivity contribution in [2.45, 2.75) is 6.92 Å². The zero-order chi connectivity index (χ0) is 20.5. The molecule has 0 aromatic heterocycles. The lowest BCUT2D eigenvalue weighted by molar-refractivity contribution is -0.386. The molecule has 0 unspecified atom stereocenters. The first kappa shape index (κ1) is 20.5. The second kappa shape index (κ2) is 9.76. The molecule has 0 aliphatic rings. The molecule has 2 aromatic rings. The summed E-state index contributed by atoms with van der Waals surface area (Å²) in [6, 6.07) is 9.37. The molecule has 1 amide bonds. The number of rotatable bonds is 9. The second-order valence-electron chi connectivity index (χ2n) is 5.31. The minimum absolute atomic E-state index is 0.0853. The number of nitro groups is 1. The van der Waals surface area contributed by atoms with Crippen LogP contribution in [0.25, 0.3) is 0 Å². The largest absolute Gasteiger partial charge is 0.500 e. The molecule has 0 radical (unpaired) electrons. The molecule has 0 aliphatic heterocycles. The summed E-state index contributed by atoms with van der Waals surface area (Å²) < 4.78 is 15.7. The van der Waals surface area contributed by atoms with Gasteiger partial charge in [0.15, 0.2) is 23.9 Å². The van der Waals surface area contributed by atoms with Crippen LogP contribution in [-0.4, -0.2) is 42.5 Å². The first-order chi connectivity index (χ1) is 13.5. The number of para-hydroxylation sites is 2. The van der Waals surface area contributed by atoms with Crippen molar-refractivity contribution in [3.63, 3.8) is 0 Å². The van der Waals surface area contributed by atoms with Crippen molar-refractivity contribution in [2.75, 3.05) is 20.3 Å². The predicted molar refractivity (Wildman–Crippen MR) is 100 cm³/mol. The molecule has 0 fully saturated rings. The normalized spacial score (nSPS) is 10.5. The van der Waals surface area contributed by atoms with Crippen LogP contribution >= 0.6 is 0 Å².